The Hall–Kier alpha value is -4.01. The van der Waals surface area contributed by atoms with E-state index in [1.54, 1.807) is 12.5 Å². The lowest BCUT2D eigenvalue weighted by atomic mass is 10.2. The van der Waals surface area contributed by atoms with E-state index in [9.17, 15) is 0 Å². The molecule has 0 amide bonds. The third-order valence-electron chi connectivity index (χ3n) is 4.67. The second-order valence-corrected chi connectivity index (χ2v) is 6.72. The van der Waals surface area contributed by atoms with E-state index in [-0.39, 0.29) is 0 Å². The zero-order chi connectivity index (χ0) is 19.8. The first kappa shape index (κ1) is 17.1. The first-order valence-electron chi connectivity index (χ1n) is 9.34. The average Bonchev–Trinajstić information content (AvgIpc) is 3.52. The summed E-state index contributed by atoms with van der Waals surface area (Å²) in [5.41, 5.74) is 6.86. The number of aromatic amines is 3. The van der Waals surface area contributed by atoms with E-state index in [1.807, 2.05) is 42.2 Å². The van der Waals surface area contributed by atoms with Crippen LogP contribution in [-0.4, -0.2) is 44.9 Å². The maximum Gasteiger partial charge on any atom is 0.160 e. The predicted octanol–water partition coefficient (Wildman–Crippen LogP) is 3.54. The Labute approximate surface area is 166 Å². The molecule has 5 aromatic heterocycles. The van der Waals surface area contributed by atoms with E-state index in [0.29, 0.717) is 11.5 Å². The Bertz CT molecular complexity index is 1300. The van der Waals surface area contributed by atoms with E-state index in [1.165, 1.54) is 0 Å². The summed E-state index contributed by atoms with van der Waals surface area (Å²) in [6.45, 7) is 4.07. The van der Waals surface area contributed by atoms with Crippen molar-refractivity contribution in [3.05, 3.63) is 60.7 Å². The van der Waals surface area contributed by atoms with Gasteiger partial charge in [0.05, 0.1) is 47.0 Å². The molecule has 0 radical (unpaired) electrons. The molecule has 3 N–H and O–H groups in total. The van der Waals surface area contributed by atoms with Crippen molar-refractivity contribution in [3.8, 4) is 22.8 Å². The average molecular weight is 385 g/mol. The first-order chi connectivity index (χ1) is 14.2. The summed E-state index contributed by atoms with van der Waals surface area (Å²) >= 11 is 0. The number of rotatable bonds is 5. The Morgan fingerprint density at radius 3 is 2.90 bits per heavy atom. The van der Waals surface area contributed by atoms with Crippen LogP contribution >= 0.6 is 0 Å². The predicted molar refractivity (Wildman–Crippen MR) is 110 cm³/mol. The fourth-order valence-electron chi connectivity index (χ4n) is 3.29. The number of nitrogens with zero attached hydrogens (tertiary/aromatic N) is 6. The molecule has 0 aliphatic rings. The van der Waals surface area contributed by atoms with Gasteiger partial charge >= 0.3 is 0 Å². The standard InChI is InChI=1S/C20H19N9/c1-3-4-17(29-10-12(2)22-11-29)16-9-21-20(26-16)19-18-15(27-28-19)6-5-14(25-18)13-7-23-24-8-13/h4-11H,3H2,1-2H3,(H,21,26)(H,23,24)(H,27,28)/b17-4+. The summed E-state index contributed by atoms with van der Waals surface area (Å²) in [6, 6.07) is 3.90. The van der Waals surface area contributed by atoms with Gasteiger partial charge in [-0.25, -0.2) is 15.0 Å². The van der Waals surface area contributed by atoms with Crippen molar-refractivity contribution in [3.63, 3.8) is 0 Å². The topological polar surface area (TPSA) is 117 Å². The van der Waals surface area contributed by atoms with Gasteiger partial charge in [0.2, 0.25) is 0 Å². The molecule has 0 aromatic carbocycles. The number of H-pyrrole nitrogens is 3. The number of allylic oxidation sites excluding steroid dienone is 1. The molecule has 5 heterocycles. The van der Waals surface area contributed by atoms with Crippen LogP contribution in [0.1, 0.15) is 24.7 Å². The van der Waals surface area contributed by atoms with Crippen molar-refractivity contribution in [2.75, 3.05) is 0 Å². The van der Waals surface area contributed by atoms with Crippen LogP contribution in [-0.2, 0) is 0 Å². The maximum atomic E-state index is 4.76. The molecular weight excluding hydrogens is 366 g/mol. The molecule has 9 nitrogen and oxygen atoms in total. The lowest BCUT2D eigenvalue weighted by Crippen LogP contribution is -1.97. The highest BCUT2D eigenvalue weighted by atomic mass is 15.2. The number of nitrogens with one attached hydrogen (secondary N) is 3. The monoisotopic (exact) mass is 385 g/mol. The lowest BCUT2D eigenvalue weighted by Gasteiger charge is -2.05. The highest BCUT2D eigenvalue weighted by Crippen LogP contribution is 2.27. The number of aromatic nitrogens is 9. The Morgan fingerprint density at radius 1 is 1.21 bits per heavy atom. The summed E-state index contributed by atoms with van der Waals surface area (Å²) < 4.78 is 1.99. The van der Waals surface area contributed by atoms with Crippen molar-refractivity contribution in [1.29, 1.82) is 0 Å². The van der Waals surface area contributed by atoms with Crippen molar-refractivity contribution >= 4 is 16.7 Å². The molecule has 0 unspecified atom stereocenters. The van der Waals surface area contributed by atoms with Gasteiger partial charge in [0, 0.05) is 18.0 Å². The lowest BCUT2D eigenvalue weighted by molar-refractivity contribution is 1.05. The fourth-order valence-corrected chi connectivity index (χ4v) is 3.29. The van der Waals surface area contributed by atoms with Gasteiger partial charge in [-0.2, -0.15) is 10.2 Å². The number of imidazole rings is 2. The molecule has 5 rings (SSSR count). The number of hydrogen-bond donors (Lipinski definition) is 3. The Morgan fingerprint density at radius 2 is 2.14 bits per heavy atom. The number of hydrogen-bond acceptors (Lipinski definition) is 5. The van der Waals surface area contributed by atoms with Gasteiger partial charge in [-0.3, -0.25) is 10.2 Å². The van der Waals surface area contributed by atoms with Gasteiger partial charge in [-0.1, -0.05) is 13.0 Å². The van der Waals surface area contributed by atoms with Crippen LogP contribution < -0.4 is 0 Å². The smallest absolute Gasteiger partial charge is 0.160 e. The molecule has 0 fully saturated rings. The van der Waals surface area contributed by atoms with Crippen LogP contribution in [0.2, 0.25) is 0 Å². The molecule has 0 saturated heterocycles. The molecule has 9 heteroatoms. The highest BCUT2D eigenvalue weighted by Gasteiger charge is 2.16. The number of pyridine rings is 1. The fraction of sp³-hybridized carbons (Fsp3) is 0.150. The molecule has 0 saturated carbocycles. The second-order valence-electron chi connectivity index (χ2n) is 6.72. The second kappa shape index (κ2) is 6.86. The van der Waals surface area contributed by atoms with Crippen LogP contribution in [0.3, 0.4) is 0 Å². The molecule has 0 atom stereocenters. The van der Waals surface area contributed by atoms with E-state index in [4.69, 9.17) is 4.98 Å². The van der Waals surface area contributed by atoms with E-state index in [2.05, 4.69) is 48.3 Å². The summed E-state index contributed by atoms with van der Waals surface area (Å²) in [6.07, 6.45) is 12.2. The third kappa shape index (κ3) is 3.02. The van der Waals surface area contributed by atoms with Crippen molar-refractivity contribution in [2.45, 2.75) is 20.3 Å². The normalized spacial score (nSPS) is 12.1. The maximum absolute atomic E-state index is 4.76. The molecular formula is C20H19N9. The summed E-state index contributed by atoms with van der Waals surface area (Å²) in [4.78, 5) is 17.0. The molecule has 0 aliphatic carbocycles. The van der Waals surface area contributed by atoms with Gasteiger partial charge in [-0.05, 0) is 25.5 Å². The van der Waals surface area contributed by atoms with Crippen molar-refractivity contribution in [1.82, 2.24) is 44.9 Å². The van der Waals surface area contributed by atoms with Crippen LogP contribution in [0.5, 0.6) is 0 Å². The van der Waals surface area contributed by atoms with Crippen LogP contribution in [0.15, 0.2) is 49.3 Å². The molecule has 29 heavy (non-hydrogen) atoms. The Balaban J connectivity index is 1.57. The van der Waals surface area contributed by atoms with Gasteiger partial charge in [0.15, 0.2) is 11.5 Å². The van der Waals surface area contributed by atoms with E-state index >= 15 is 0 Å². The van der Waals surface area contributed by atoms with Crippen molar-refractivity contribution < 1.29 is 0 Å². The molecule has 5 aromatic rings. The quantitative estimate of drug-likeness (QED) is 0.428. The van der Waals surface area contributed by atoms with Gasteiger partial charge in [-0.15, -0.1) is 0 Å². The minimum absolute atomic E-state index is 0.655. The minimum Gasteiger partial charge on any atom is -0.335 e. The van der Waals surface area contributed by atoms with Crippen LogP contribution in [0.4, 0.5) is 0 Å². The van der Waals surface area contributed by atoms with Crippen LogP contribution in [0.25, 0.3) is 39.5 Å². The van der Waals surface area contributed by atoms with Gasteiger partial charge < -0.3 is 9.55 Å². The number of fused-ring (bicyclic) bond motifs is 1. The summed E-state index contributed by atoms with van der Waals surface area (Å²) in [5.74, 6) is 0.655. The zero-order valence-electron chi connectivity index (χ0n) is 16.0. The van der Waals surface area contributed by atoms with E-state index in [0.717, 1.165) is 45.8 Å². The zero-order valence-corrected chi connectivity index (χ0v) is 16.0. The highest BCUT2D eigenvalue weighted by molar-refractivity contribution is 5.89. The minimum atomic E-state index is 0.655. The molecule has 0 bridgehead atoms. The SMILES string of the molecule is CC/C=C(\c1cnc(-c2n[nH]c3ccc(-c4cn[nH]c4)nc23)[nH]1)n1cnc(C)c1. The summed E-state index contributed by atoms with van der Waals surface area (Å²) in [7, 11) is 0. The van der Waals surface area contributed by atoms with Crippen LogP contribution in [0, 0.1) is 6.92 Å². The first-order valence-corrected chi connectivity index (χ1v) is 9.34. The third-order valence-corrected chi connectivity index (χ3v) is 4.67. The molecule has 0 aliphatic heterocycles. The molecule has 144 valence electrons. The van der Waals surface area contributed by atoms with Gasteiger partial charge in [0.1, 0.15) is 5.52 Å². The molecule has 0 spiro atoms. The largest absolute Gasteiger partial charge is 0.335 e. The Kier molecular flexibility index (Phi) is 4.05. The van der Waals surface area contributed by atoms with E-state index < -0.39 is 0 Å². The van der Waals surface area contributed by atoms with Gasteiger partial charge in [0.25, 0.3) is 0 Å². The summed E-state index contributed by atoms with van der Waals surface area (Å²) in [5, 5.41) is 14.3. The van der Waals surface area contributed by atoms with Crippen molar-refractivity contribution in [2.24, 2.45) is 0 Å². The number of aryl methyl sites for hydroxylation is 1.